The molecule has 164 valence electrons. The number of hydrogen-bond acceptors (Lipinski definition) is 6. The number of hydrogen-bond donors (Lipinski definition) is 1. The smallest absolute Gasteiger partial charge is 0.261 e. The summed E-state index contributed by atoms with van der Waals surface area (Å²) in [4.78, 5) is 12.0. The minimum atomic E-state index is -0.769. The fraction of sp³-hybridized carbons (Fsp3) is 0.682. The van der Waals surface area contributed by atoms with Gasteiger partial charge in [-0.1, -0.05) is 18.5 Å². The van der Waals surface area contributed by atoms with Gasteiger partial charge >= 0.3 is 0 Å². The highest BCUT2D eigenvalue weighted by Crippen LogP contribution is 2.63. The van der Waals surface area contributed by atoms with Crippen LogP contribution >= 0.6 is 23.8 Å². The lowest BCUT2D eigenvalue weighted by Gasteiger charge is -2.50. The van der Waals surface area contributed by atoms with Gasteiger partial charge in [0.1, 0.15) is 12.2 Å². The molecule has 1 saturated carbocycles. The lowest BCUT2D eigenvalue weighted by Crippen LogP contribution is -2.62. The second kappa shape index (κ2) is 7.29. The van der Waals surface area contributed by atoms with Gasteiger partial charge in [-0.3, -0.25) is 0 Å². The molecule has 1 N–H and O–H groups in total. The van der Waals surface area contributed by atoms with E-state index in [4.69, 9.17) is 47.8 Å². The number of rotatable bonds is 3. The van der Waals surface area contributed by atoms with E-state index in [-0.39, 0.29) is 5.92 Å². The van der Waals surface area contributed by atoms with Crippen LogP contribution in [-0.2, 0) is 24.0 Å². The Kier molecular flexibility index (Phi) is 5.08. The van der Waals surface area contributed by atoms with E-state index in [9.17, 15) is 0 Å². The highest BCUT2D eigenvalue weighted by molar-refractivity contribution is 7.80. The van der Waals surface area contributed by atoms with Crippen molar-refractivity contribution in [3.8, 4) is 0 Å². The molecule has 1 spiro atoms. The maximum Gasteiger partial charge on any atom is 0.261 e. The molecule has 6 nitrogen and oxygen atoms in total. The molecule has 5 fully saturated rings. The van der Waals surface area contributed by atoms with Crippen molar-refractivity contribution in [2.45, 2.75) is 69.7 Å². The number of thiocarbonyl (C=S) groups is 1. The lowest BCUT2D eigenvalue weighted by molar-refractivity contribution is -0.541. The van der Waals surface area contributed by atoms with Gasteiger partial charge in [-0.15, -0.1) is 0 Å². The number of anilines is 1. The van der Waals surface area contributed by atoms with Crippen LogP contribution in [0, 0.1) is 17.8 Å². The summed E-state index contributed by atoms with van der Waals surface area (Å²) in [7, 11) is 0. The lowest BCUT2D eigenvalue weighted by atomic mass is 9.60. The maximum absolute atomic E-state index is 6.54. The number of halogens is 1. The Labute approximate surface area is 187 Å². The molecule has 4 saturated heterocycles. The summed E-state index contributed by atoms with van der Waals surface area (Å²) in [5, 5.41) is 4.05. The molecular weight excluding hydrogens is 426 g/mol. The molecule has 4 heterocycles. The molecule has 8 heteroatoms. The summed E-state index contributed by atoms with van der Waals surface area (Å²) >= 11 is 11.3. The summed E-state index contributed by atoms with van der Waals surface area (Å²) in [6.07, 6.45) is 3.42. The normalized spacial score (nSPS) is 44.3. The predicted octanol–water partition coefficient (Wildman–Crippen LogP) is 5.06. The minimum Gasteiger partial charge on any atom is -0.468 e. The van der Waals surface area contributed by atoms with E-state index in [0.717, 1.165) is 31.4 Å². The van der Waals surface area contributed by atoms with Gasteiger partial charge in [0.15, 0.2) is 11.9 Å². The molecule has 0 radical (unpaired) electrons. The molecular formula is C22H28ClNO5S. The zero-order chi connectivity index (χ0) is 21.1. The van der Waals surface area contributed by atoms with E-state index < -0.39 is 23.3 Å². The molecule has 0 unspecified atom stereocenters. The summed E-state index contributed by atoms with van der Waals surface area (Å²) < 4.78 is 18.8. The van der Waals surface area contributed by atoms with Crippen LogP contribution in [0.5, 0.6) is 0 Å². The summed E-state index contributed by atoms with van der Waals surface area (Å²) in [6, 6.07) is 7.31. The average molecular weight is 454 g/mol. The monoisotopic (exact) mass is 453 g/mol. The van der Waals surface area contributed by atoms with E-state index >= 15 is 0 Å². The Bertz CT molecular complexity index is 839. The number of nitrogens with one attached hydrogen (secondary N) is 1. The quantitative estimate of drug-likeness (QED) is 0.507. The van der Waals surface area contributed by atoms with Crippen molar-refractivity contribution in [3.63, 3.8) is 0 Å². The van der Waals surface area contributed by atoms with Crippen LogP contribution in [0.15, 0.2) is 24.3 Å². The van der Waals surface area contributed by atoms with Gasteiger partial charge in [-0.05, 0) is 81.4 Å². The Hall–Kier alpha value is -0.960. The topological polar surface area (TPSA) is 58.2 Å². The third kappa shape index (κ3) is 3.26. The number of benzene rings is 1. The minimum absolute atomic E-state index is 0.0946. The first-order chi connectivity index (χ1) is 14.2. The van der Waals surface area contributed by atoms with Crippen molar-refractivity contribution < 1.29 is 24.0 Å². The molecule has 30 heavy (non-hydrogen) atoms. The standard InChI is InChI=1S/C22H28ClNO5S/c1-13-4-9-17-20(2,12-25-19(30)24-15-7-5-14(23)6-8-15)26-18-22(17)16(13)10-11-21(3,27-18)28-29-22/h5-8,13,16-18H,4,9-12H2,1-3H3,(H,24,30)/t13-,16+,17+,18-,20-,21+,22-/m1/s1. The molecule has 6 rings (SSSR count). The Morgan fingerprint density at radius 3 is 2.70 bits per heavy atom. The molecule has 1 aliphatic carbocycles. The van der Waals surface area contributed by atoms with Gasteiger partial charge in [-0.2, -0.15) is 0 Å². The van der Waals surface area contributed by atoms with Crippen LogP contribution in [0.1, 0.15) is 46.5 Å². The van der Waals surface area contributed by atoms with E-state index in [1.807, 2.05) is 19.1 Å². The first-order valence-corrected chi connectivity index (χ1v) is 11.4. The number of ether oxygens (including phenoxy) is 3. The molecule has 0 aromatic heterocycles. The SMILES string of the molecule is C[C@@H]1CC[C@@H]2[C@]34OO[C@@](C)(CC[C@@H]13)O[C@H]4O[C@]2(C)COC(=S)Nc1ccc(Cl)cc1. The molecule has 4 aliphatic heterocycles. The molecule has 5 aliphatic rings. The second-order valence-corrected chi connectivity index (χ2v) is 10.3. The van der Waals surface area contributed by atoms with Crippen molar-refractivity contribution in [2.24, 2.45) is 17.8 Å². The van der Waals surface area contributed by atoms with Gasteiger partial charge in [0.2, 0.25) is 5.79 Å². The van der Waals surface area contributed by atoms with Gasteiger partial charge in [0.05, 0.1) is 0 Å². The van der Waals surface area contributed by atoms with Crippen molar-refractivity contribution >= 4 is 34.7 Å². The molecule has 2 bridgehead atoms. The summed E-state index contributed by atoms with van der Waals surface area (Å²) in [5.74, 6) is 0.175. The highest BCUT2D eigenvalue weighted by Gasteiger charge is 2.74. The molecule has 1 aromatic rings. The largest absolute Gasteiger partial charge is 0.468 e. The Morgan fingerprint density at radius 2 is 1.93 bits per heavy atom. The van der Waals surface area contributed by atoms with E-state index in [1.165, 1.54) is 0 Å². The van der Waals surface area contributed by atoms with Crippen molar-refractivity contribution in [3.05, 3.63) is 29.3 Å². The Morgan fingerprint density at radius 1 is 1.17 bits per heavy atom. The van der Waals surface area contributed by atoms with Crippen LogP contribution in [0.4, 0.5) is 5.69 Å². The van der Waals surface area contributed by atoms with Crippen LogP contribution in [-0.4, -0.2) is 35.1 Å². The molecule has 7 atom stereocenters. The van der Waals surface area contributed by atoms with Gasteiger partial charge in [0.25, 0.3) is 5.17 Å². The van der Waals surface area contributed by atoms with Gasteiger partial charge in [0, 0.05) is 23.0 Å². The van der Waals surface area contributed by atoms with Crippen molar-refractivity contribution in [1.29, 1.82) is 0 Å². The number of fused-ring (bicyclic) bond motifs is 2. The fourth-order valence-electron chi connectivity index (χ4n) is 5.84. The third-order valence-corrected chi connectivity index (χ3v) is 7.88. The summed E-state index contributed by atoms with van der Waals surface area (Å²) in [5.41, 5.74) is -0.374. The predicted molar refractivity (Wildman–Crippen MR) is 116 cm³/mol. The molecule has 0 amide bonds. The average Bonchev–Trinajstić information content (AvgIpc) is 2.79. The highest BCUT2D eigenvalue weighted by atomic mass is 35.5. The molecule has 1 aromatic carbocycles. The van der Waals surface area contributed by atoms with Gasteiger partial charge in [-0.25, -0.2) is 9.78 Å². The summed E-state index contributed by atoms with van der Waals surface area (Å²) in [6.45, 7) is 6.60. The zero-order valence-electron chi connectivity index (χ0n) is 17.5. The maximum atomic E-state index is 6.54. The zero-order valence-corrected chi connectivity index (χ0v) is 19.1. The van der Waals surface area contributed by atoms with Gasteiger partial charge < -0.3 is 19.5 Å². The fourth-order valence-corrected chi connectivity index (χ4v) is 6.14. The van der Waals surface area contributed by atoms with Crippen LogP contribution < -0.4 is 5.32 Å². The van der Waals surface area contributed by atoms with Crippen molar-refractivity contribution in [1.82, 2.24) is 0 Å². The van der Waals surface area contributed by atoms with E-state index in [2.05, 4.69) is 19.2 Å². The first-order valence-electron chi connectivity index (χ1n) is 10.7. The van der Waals surface area contributed by atoms with Crippen molar-refractivity contribution in [2.75, 3.05) is 11.9 Å². The van der Waals surface area contributed by atoms with E-state index in [0.29, 0.717) is 28.6 Å². The van der Waals surface area contributed by atoms with Crippen LogP contribution in [0.25, 0.3) is 0 Å². The Balaban J connectivity index is 1.34. The second-order valence-electron chi connectivity index (χ2n) is 9.49. The third-order valence-electron chi connectivity index (χ3n) is 7.41. The van der Waals surface area contributed by atoms with Crippen LogP contribution in [0.2, 0.25) is 5.02 Å². The van der Waals surface area contributed by atoms with E-state index in [1.54, 1.807) is 12.1 Å². The van der Waals surface area contributed by atoms with Crippen LogP contribution in [0.3, 0.4) is 0 Å². The first kappa shape index (κ1) is 20.9.